The molecule has 0 rings (SSSR count). The Morgan fingerprint density at radius 1 is 1.18 bits per heavy atom. The number of Topliss-reactive ketones (excluding diaryl/α,β-unsaturated/α-hetero) is 1. The van der Waals surface area contributed by atoms with Gasteiger partial charge in [0.2, 0.25) is 0 Å². The summed E-state index contributed by atoms with van der Waals surface area (Å²) in [5.74, 6) is 0.355. The van der Waals surface area contributed by atoms with E-state index in [1.165, 1.54) is 7.11 Å². The van der Waals surface area contributed by atoms with Gasteiger partial charge in [0, 0.05) is 5.57 Å². The number of rotatable bonds is 8. The SMILES string of the molecule is C.C=C/C=C(OC)\C(=C/C(=C)C)C(=O)C(/C=C\C=C/C)=C/C. The first-order valence-electron chi connectivity index (χ1n) is 6.76. The maximum Gasteiger partial charge on any atom is 0.196 e. The third kappa shape index (κ3) is 7.44. The first-order chi connectivity index (χ1) is 10.0. The van der Waals surface area contributed by atoms with Crippen LogP contribution in [0.1, 0.15) is 28.2 Å². The fourth-order valence-corrected chi connectivity index (χ4v) is 1.60. The van der Waals surface area contributed by atoms with Crippen molar-refractivity contribution in [2.75, 3.05) is 7.11 Å². The van der Waals surface area contributed by atoms with E-state index in [-0.39, 0.29) is 13.2 Å². The van der Waals surface area contributed by atoms with Crippen LogP contribution in [0.25, 0.3) is 0 Å². The zero-order chi connectivity index (χ0) is 16.3. The molecule has 0 saturated carbocycles. The second-order valence-electron chi connectivity index (χ2n) is 4.33. The van der Waals surface area contributed by atoms with Crippen molar-refractivity contribution in [1.82, 2.24) is 0 Å². The van der Waals surface area contributed by atoms with Crippen LogP contribution in [-0.4, -0.2) is 12.9 Å². The molecule has 0 amide bonds. The summed E-state index contributed by atoms with van der Waals surface area (Å²) in [5, 5.41) is 0. The Morgan fingerprint density at radius 3 is 2.23 bits per heavy atom. The summed E-state index contributed by atoms with van der Waals surface area (Å²) in [6.45, 7) is 13.1. The minimum atomic E-state index is -0.115. The fourth-order valence-electron chi connectivity index (χ4n) is 1.60. The average molecular weight is 300 g/mol. The molecule has 0 aromatic heterocycles. The van der Waals surface area contributed by atoms with E-state index in [9.17, 15) is 4.79 Å². The summed E-state index contributed by atoms with van der Waals surface area (Å²) in [6.07, 6.45) is 14.1. The van der Waals surface area contributed by atoms with Crippen LogP contribution in [0.2, 0.25) is 0 Å². The molecule has 0 aliphatic carbocycles. The number of methoxy groups -OCH3 is 1. The topological polar surface area (TPSA) is 26.3 Å². The quantitative estimate of drug-likeness (QED) is 0.336. The van der Waals surface area contributed by atoms with Gasteiger partial charge in [-0.25, -0.2) is 0 Å². The molecule has 2 nitrogen and oxygen atoms in total. The molecule has 22 heavy (non-hydrogen) atoms. The van der Waals surface area contributed by atoms with Crippen LogP contribution in [-0.2, 0) is 9.53 Å². The number of allylic oxidation sites excluding steroid dienone is 11. The van der Waals surface area contributed by atoms with E-state index < -0.39 is 0 Å². The van der Waals surface area contributed by atoms with Gasteiger partial charge in [-0.1, -0.05) is 62.6 Å². The van der Waals surface area contributed by atoms with E-state index in [1.807, 2.05) is 39.0 Å². The molecule has 0 aromatic rings. The third-order valence-electron chi connectivity index (χ3n) is 2.54. The van der Waals surface area contributed by atoms with Crippen molar-refractivity contribution in [1.29, 1.82) is 0 Å². The standard InChI is InChI=1S/C19H24O2.CH4/c1-7-10-11-13-16(9-3)19(20)17(14-15(4)5)18(21-6)12-8-2;/h7-14H,2,4H2,1,3,5-6H3;1H4/b10-7-,13-11-,16-9+,17-14+,18-12+;. The summed E-state index contributed by atoms with van der Waals surface area (Å²) in [5.41, 5.74) is 1.83. The van der Waals surface area contributed by atoms with Gasteiger partial charge in [0.05, 0.1) is 12.7 Å². The van der Waals surface area contributed by atoms with E-state index in [0.717, 1.165) is 5.57 Å². The molecule has 0 fully saturated rings. The van der Waals surface area contributed by atoms with Gasteiger partial charge in [-0.3, -0.25) is 4.79 Å². The smallest absolute Gasteiger partial charge is 0.196 e. The molecule has 0 N–H and O–H groups in total. The Hall–Kier alpha value is -2.35. The Kier molecular flexibility index (Phi) is 12.4. The highest BCUT2D eigenvalue weighted by atomic mass is 16.5. The lowest BCUT2D eigenvalue weighted by atomic mass is 9.99. The maximum absolute atomic E-state index is 12.7. The van der Waals surface area contributed by atoms with Crippen molar-refractivity contribution in [2.45, 2.75) is 28.2 Å². The first kappa shape index (κ1) is 21.9. The fraction of sp³-hybridized carbons (Fsp3) is 0.250. The van der Waals surface area contributed by atoms with Gasteiger partial charge >= 0.3 is 0 Å². The molecule has 0 bridgehead atoms. The van der Waals surface area contributed by atoms with E-state index in [2.05, 4.69) is 13.2 Å². The van der Waals surface area contributed by atoms with E-state index in [4.69, 9.17) is 4.74 Å². The molecule has 0 aromatic carbocycles. The summed E-state index contributed by atoms with van der Waals surface area (Å²) in [4.78, 5) is 12.7. The van der Waals surface area contributed by atoms with Crippen molar-refractivity contribution in [3.05, 3.63) is 84.2 Å². The highest BCUT2D eigenvalue weighted by molar-refractivity contribution is 6.12. The van der Waals surface area contributed by atoms with Gasteiger partial charge in [-0.15, -0.1) is 0 Å². The predicted octanol–water partition coefficient (Wildman–Crippen LogP) is 5.49. The Balaban J connectivity index is 0. The van der Waals surface area contributed by atoms with Crippen LogP contribution in [0.4, 0.5) is 0 Å². The molecule has 0 atom stereocenters. The van der Waals surface area contributed by atoms with Crippen LogP contribution in [0, 0.1) is 0 Å². The number of carbonyl (C=O) groups excluding carboxylic acids is 1. The molecular formula is C20H28O2. The molecule has 0 aliphatic rings. The van der Waals surface area contributed by atoms with E-state index in [0.29, 0.717) is 16.9 Å². The molecular weight excluding hydrogens is 272 g/mol. The lowest BCUT2D eigenvalue weighted by molar-refractivity contribution is -0.112. The maximum atomic E-state index is 12.7. The minimum Gasteiger partial charge on any atom is -0.496 e. The molecule has 0 heterocycles. The molecule has 0 unspecified atom stereocenters. The number of hydrogen-bond donors (Lipinski definition) is 0. The van der Waals surface area contributed by atoms with Crippen molar-refractivity contribution in [2.24, 2.45) is 0 Å². The van der Waals surface area contributed by atoms with Crippen molar-refractivity contribution < 1.29 is 9.53 Å². The predicted molar refractivity (Wildman–Crippen MR) is 97.6 cm³/mol. The second kappa shape index (κ2) is 12.4. The van der Waals surface area contributed by atoms with Gasteiger partial charge in [-0.2, -0.15) is 0 Å². The van der Waals surface area contributed by atoms with Gasteiger partial charge in [0.15, 0.2) is 5.78 Å². The van der Waals surface area contributed by atoms with Gasteiger partial charge < -0.3 is 4.74 Å². The van der Waals surface area contributed by atoms with Gasteiger partial charge in [-0.05, 0) is 32.9 Å². The lowest BCUT2D eigenvalue weighted by Gasteiger charge is -2.11. The summed E-state index contributed by atoms with van der Waals surface area (Å²) >= 11 is 0. The number of carbonyl (C=O) groups is 1. The monoisotopic (exact) mass is 300 g/mol. The zero-order valence-electron chi connectivity index (χ0n) is 13.3. The van der Waals surface area contributed by atoms with Gasteiger partial charge in [0.1, 0.15) is 5.76 Å². The second-order valence-corrected chi connectivity index (χ2v) is 4.33. The number of ketones is 1. The summed E-state index contributed by atoms with van der Waals surface area (Å²) < 4.78 is 5.29. The highest BCUT2D eigenvalue weighted by Gasteiger charge is 2.17. The molecule has 120 valence electrons. The normalized spacial score (nSPS) is 13.2. The van der Waals surface area contributed by atoms with Gasteiger partial charge in [0.25, 0.3) is 0 Å². The van der Waals surface area contributed by atoms with Crippen molar-refractivity contribution in [3.8, 4) is 0 Å². The third-order valence-corrected chi connectivity index (χ3v) is 2.54. The van der Waals surface area contributed by atoms with Crippen LogP contribution in [0.15, 0.2) is 84.2 Å². The highest BCUT2D eigenvalue weighted by Crippen LogP contribution is 2.19. The number of hydrogen-bond acceptors (Lipinski definition) is 2. The number of ether oxygens (including phenoxy) is 1. The summed E-state index contributed by atoms with van der Waals surface area (Å²) in [7, 11) is 1.53. The average Bonchev–Trinajstić information content (AvgIpc) is 2.46. The molecule has 0 aliphatic heterocycles. The van der Waals surface area contributed by atoms with Crippen molar-refractivity contribution in [3.63, 3.8) is 0 Å². The Bertz CT molecular complexity index is 538. The van der Waals surface area contributed by atoms with E-state index in [1.54, 1.807) is 30.4 Å². The Morgan fingerprint density at radius 2 is 1.82 bits per heavy atom. The minimum absolute atomic E-state index is 0. The van der Waals surface area contributed by atoms with Crippen LogP contribution in [0.3, 0.4) is 0 Å². The van der Waals surface area contributed by atoms with Crippen LogP contribution >= 0.6 is 0 Å². The summed E-state index contributed by atoms with van der Waals surface area (Å²) in [6, 6.07) is 0. The van der Waals surface area contributed by atoms with Crippen LogP contribution in [0.5, 0.6) is 0 Å². The molecule has 0 spiro atoms. The first-order valence-corrected chi connectivity index (χ1v) is 6.76. The Labute approximate surface area is 135 Å². The lowest BCUT2D eigenvalue weighted by Crippen LogP contribution is -2.09. The molecule has 2 heteroatoms. The molecule has 0 saturated heterocycles. The van der Waals surface area contributed by atoms with Crippen molar-refractivity contribution >= 4 is 5.78 Å². The molecule has 0 radical (unpaired) electrons. The van der Waals surface area contributed by atoms with Crippen LogP contribution < -0.4 is 0 Å². The largest absolute Gasteiger partial charge is 0.496 e. The zero-order valence-corrected chi connectivity index (χ0v) is 13.3. The van der Waals surface area contributed by atoms with E-state index >= 15 is 0 Å².